The lowest BCUT2D eigenvalue weighted by Gasteiger charge is -2.35. The molecule has 0 spiro atoms. The van der Waals surface area contributed by atoms with Crippen LogP contribution in [0.1, 0.15) is 70.2 Å². The number of carbonyl (C=O) groups excluding carboxylic acids is 1. The van der Waals surface area contributed by atoms with E-state index in [2.05, 4.69) is 17.1 Å². The van der Waals surface area contributed by atoms with Gasteiger partial charge in [0.25, 0.3) is 0 Å². The van der Waals surface area contributed by atoms with Crippen molar-refractivity contribution in [1.82, 2.24) is 15.0 Å². The highest BCUT2D eigenvalue weighted by Crippen LogP contribution is 2.31. The Morgan fingerprint density at radius 2 is 2.00 bits per heavy atom. The van der Waals surface area contributed by atoms with E-state index in [0.29, 0.717) is 31.4 Å². The quantitative estimate of drug-likeness (QED) is 0.856. The lowest BCUT2D eigenvalue weighted by atomic mass is 9.82. The molecule has 1 atom stereocenters. The summed E-state index contributed by atoms with van der Waals surface area (Å²) in [5, 5.41) is 4.03. The first-order valence-corrected chi connectivity index (χ1v) is 8.78. The Bertz CT molecular complexity index is 535. The zero-order chi connectivity index (χ0) is 16.4. The van der Waals surface area contributed by atoms with Gasteiger partial charge in [0.05, 0.1) is 13.2 Å². The van der Waals surface area contributed by atoms with Gasteiger partial charge in [-0.2, -0.15) is 4.98 Å². The molecular formula is C17H27N3O3. The molecule has 3 rings (SSSR count). The van der Waals surface area contributed by atoms with Crippen molar-refractivity contribution in [2.75, 3.05) is 19.7 Å². The van der Waals surface area contributed by atoms with Crippen LogP contribution in [0, 0.1) is 11.8 Å². The summed E-state index contributed by atoms with van der Waals surface area (Å²) in [6.45, 7) is 8.02. The van der Waals surface area contributed by atoms with Gasteiger partial charge in [-0.15, -0.1) is 0 Å². The van der Waals surface area contributed by atoms with Crippen molar-refractivity contribution in [3.63, 3.8) is 0 Å². The van der Waals surface area contributed by atoms with Crippen molar-refractivity contribution in [3.05, 3.63) is 11.7 Å². The molecule has 23 heavy (non-hydrogen) atoms. The molecule has 1 aromatic heterocycles. The minimum Gasteiger partial charge on any atom is -0.366 e. The van der Waals surface area contributed by atoms with Gasteiger partial charge in [0.1, 0.15) is 6.10 Å². The third kappa shape index (κ3) is 3.74. The second kappa shape index (κ2) is 6.99. The maximum absolute atomic E-state index is 12.8. The highest BCUT2D eigenvalue weighted by molar-refractivity contribution is 5.79. The molecule has 1 amide bonds. The Hall–Kier alpha value is -1.43. The van der Waals surface area contributed by atoms with Crippen LogP contribution in [-0.4, -0.2) is 40.6 Å². The molecule has 2 heterocycles. The molecule has 128 valence electrons. The van der Waals surface area contributed by atoms with Crippen molar-refractivity contribution in [1.29, 1.82) is 0 Å². The zero-order valence-corrected chi connectivity index (χ0v) is 14.3. The van der Waals surface area contributed by atoms with Crippen molar-refractivity contribution in [3.8, 4) is 0 Å². The molecule has 0 radical (unpaired) electrons. The summed E-state index contributed by atoms with van der Waals surface area (Å²) in [4.78, 5) is 19.1. The fraction of sp³-hybridized carbons (Fsp3) is 0.824. The molecular weight excluding hydrogens is 294 g/mol. The standard InChI is InChI=1S/C17H27N3O3/c1-11(2)16-18-15(19-23-16)14-10-20(8-9-22-14)17(21)13-6-4-12(3)5-7-13/h11-14H,4-10H2,1-3H3. The number of carbonyl (C=O) groups is 1. The van der Waals surface area contributed by atoms with Gasteiger partial charge in [-0.1, -0.05) is 25.9 Å². The summed E-state index contributed by atoms with van der Waals surface area (Å²) < 4.78 is 11.0. The maximum atomic E-state index is 12.8. The minimum atomic E-state index is -0.272. The SMILES string of the molecule is CC1CCC(C(=O)N2CCOC(c3noc(C(C)C)n3)C2)CC1. The van der Waals surface area contributed by atoms with Gasteiger partial charge in [0, 0.05) is 18.4 Å². The fourth-order valence-electron chi connectivity index (χ4n) is 3.38. The number of rotatable bonds is 3. The van der Waals surface area contributed by atoms with E-state index in [-0.39, 0.29) is 23.8 Å². The third-order valence-electron chi connectivity index (χ3n) is 4.98. The second-order valence-electron chi connectivity index (χ2n) is 7.25. The molecule has 6 heteroatoms. The summed E-state index contributed by atoms with van der Waals surface area (Å²) in [5.41, 5.74) is 0. The molecule has 0 bridgehead atoms. The highest BCUT2D eigenvalue weighted by Gasteiger charge is 2.33. The predicted octanol–water partition coefficient (Wildman–Crippen LogP) is 2.92. The summed E-state index contributed by atoms with van der Waals surface area (Å²) in [7, 11) is 0. The van der Waals surface area contributed by atoms with E-state index >= 15 is 0 Å². The molecule has 1 aliphatic carbocycles. The van der Waals surface area contributed by atoms with Gasteiger partial charge in [-0.05, 0) is 31.6 Å². The topological polar surface area (TPSA) is 68.5 Å². The molecule has 0 N–H and O–H groups in total. The van der Waals surface area contributed by atoms with Crippen molar-refractivity contribution in [2.24, 2.45) is 11.8 Å². The summed E-state index contributed by atoms with van der Waals surface area (Å²) in [5.74, 6) is 2.59. The summed E-state index contributed by atoms with van der Waals surface area (Å²) in [6.07, 6.45) is 4.08. The van der Waals surface area contributed by atoms with Crippen LogP contribution in [-0.2, 0) is 9.53 Å². The molecule has 6 nitrogen and oxygen atoms in total. The Balaban J connectivity index is 1.62. The normalized spacial score (nSPS) is 29.0. The number of amides is 1. The van der Waals surface area contributed by atoms with E-state index in [1.165, 1.54) is 0 Å². The maximum Gasteiger partial charge on any atom is 0.229 e. The van der Waals surface area contributed by atoms with Gasteiger partial charge in [-0.25, -0.2) is 0 Å². The lowest BCUT2D eigenvalue weighted by molar-refractivity contribution is -0.145. The van der Waals surface area contributed by atoms with Crippen LogP contribution in [0.25, 0.3) is 0 Å². The van der Waals surface area contributed by atoms with Crippen LogP contribution in [0.2, 0.25) is 0 Å². The van der Waals surface area contributed by atoms with Gasteiger partial charge in [0.15, 0.2) is 0 Å². The third-order valence-corrected chi connectivity index (χ3v) is 4.98. The molecule has 2 aliphatic rings. The van der Waals surface area contributed by atoms with E-state index in [0.717, 1.165) is 31.6 Å². The average molecular weight is 321 g/mol. The van der Waals surface area contributed by atoms with Crippen LogP contribution < -0.4 is 0 Å². The number of aromatic nitrogens is 2. The Kier molecular flexibility index (Phi) is 4.99. The number of hydrogen-bond donors (Lipinski definition) is 0. The van der Waals surface area contributed by atoms with Crippen LogP contribution in [0.15, 0.2) is 4.52 Å². The highest BCUT2D eigenvalue weighted by atomic mass is 16.5. The smallest absolute Gasteiger partial charge is 0.229 e. The first-order chi connectivity index (χ1) is 11.0. The molecule has 1 aromatic rings. The molecule has 1 aliphatic heterocycles. The van der Waals surface area contributed by atoms with E-state index in [4.69, 9.17) is 9.26 Å². The Morgan fingerprint density at radius 1 is 1.26 bits per heavy atom. The molecule has 1 saturated carbocycles. The van der Waals surface area contributed by atoms with Crippen molar-refractivity contribution >= 4 is 5.91 Å². The number of morpholine rings is 1. The Labute approximate surface area is 137 Å². The first-order valence-electron chi connectivity index (χ1n) is 8.78. The van der Waals surface area contributed by atoms with Gasteiger partial charge < -0.3 is 14.2 Å². The first kappa shape index (κ1) is 16.4. The predicted molar refractivity (Wildman–Crippen MR) is 84.8 cm³/mol. The Morgan fingerprint density at radius 3 is 2.65 bits per heavy atom. The van der Waals surface area contributed by atoms with Gasteiger partial charge in [0.2, 0.25) is 17.6 Å². The van der Waals surface area contributed by atoms with E-state index in [9.17, 15) is 4.79 Å². The largest absolute Gasteiger partial charge is 0.366 e. The molecule has 0 aromatic carbocycles. The van der Waals surface area contributed by atoms with Crippen molar-refractivity contribution in [2.45, 2.75) is 58.5 Å². The van der Waals surface area contributed by atoms with E-state index < -0.39 is 0 Å². The van der Waals surface area contributed by atoms with Gasteiger partial charge >= 0.3 is 0 Å². The number of ether oxygens (including phenoxy) is 1. The van der Waals surface area contributed by atoms with E-state index in [1.54, 1.807) is 0 Å². The van der Waals surface area contributed by atoms with Gasteiger partial charge in [-0.3, -0.25) is 4.79 Å². The lowest BCUT2D eigenvalue weighted by Crippen LogP contribution is -2.45. The zero-order valence-electron chi connectivity index (χ0n) is 14.3. The second-order valence-corrected chi connectivity index (χ2v) is 7.25. The fourth-order valence-corrected chi connectivity index (χ4v) is 3.38. The number of nitrogens with zero attached hydrogens (tertiary/aromatic N) is 3. The van der Waals surface area contributed by atoms with Crippen LogP contribution in [0.4, 0.5) is 0 Å². The minimum absolute atomic E-state index is 0.182. The van der Waals surface area contributed by atoms with Crippen LogP contribution >= 0.6 is 0 Å². The summed E-state index contributed by atoms with van der Waals surface area (Å²) >= 11 is 0. The molecule has 1 saturated heterocycles. The molecule has 1 unspecified atom stereocenters. The number of hydrogen-bond acceptors (Lipinski definition) is 5. The van der Waals surface area contributed by atoms with Crippen LogP contribution in [0.5, 0.6) is 0 Å². The van der Waals surface area contributed by atoms with Crippen LogP contribution in [0.3, 0.4) is 0 Å². The summed E-state index contributed by atoms with van der Waals surface area (Å²) in [6, 6.07) is 0. The average Bonchev–Trinajstić information content (AvgIpc) is 3.05. The molecule has 2 fully saturated rings. The van der Waals surface area contributed by atoms with Crippen molar-refractivity contribution < 1.29 is 14.1 Å². The monoisotopic (exact) mass is 321 g/mol. The van der Waals surface area contributed by atoms with E-state index in [1.807, 2.05) is 18.7 Å².